The van der Waals surface area contributed by atoms with E-state index >= 15 is 0 Å². The predicted molar refractivity (Wildman–Crippen MR) is 117 cm³/mol. The van der Waals surface area contributed by atoms with E-state index in [9.17, 15) is 4.79 Å². The van der Waals surface area contributed by atoms with Crippen molar-refractivity contribution in [3.63, 3.8) is 0 Å². The molecule has 1 aliphatic rings. The standard InChI is InChI=1S/C24H25ClN2O3/c1-16-14-20(27(26-16)19-10-8-18(25)9-11-19)15-30-23-12-6-17(7-13-24(28)29)21-4-2-3-5-22(21)23/h6,8-12,14H,2-5,7,13,15H2,1H3,(H,28,29). The Balaban J connectivity index is 1.57. The molecule has 0 saturated heterocycles. The van der Waals surface area contributed by atoms with Crippen LogP contribution in [0.1, 0.15) is 47.3 Å². The van der Waals surface area contributed by atoms with Crippen molar-refractivity contribution in [3.8, 4) is 11.4 Å². The van der Waals surface area contributed by atoms with Gasteiger partial charge in [0.2, 0.25) is 0 Å². The molecule has 0 bridgehead atoms. The number of hydrogen-bond donors (Lipinski definition) is 1. The Hall–Kier alpha value is -2.79. The van der Waals surface area contributed by atoms with Crippen LogP contribution in [0.3, 0.4) is 0 Å². The molecule has 1 N–H and O–H groups in total. The van der Waals surface area contributed by atoms with Gasteiger partial charge in [0.25, 0.3) is 0 Å². The fourth-order valence-corrected chi connectivity index (χ4v) is 4.26. The summed E-state index contributed by atoms with van der Waals surface area (Å²) in [5.41, 5.74) is 6.49. The minimum absolute atomic E-state index is 0.159. The minimum Gasteiger partial charge on any atom is -0.487 e. The number of nitrogens with zero attached hydrogens (tertiary/aromatic N) is 2. The van der Waals surface area contributed by atoms with Gasteiger partial charge in [-0.25, -0.2) is 4.68 Å². The van der Waals surface area contributed by atoms with Crippen LogP contribution in [0.4, 0.5) is 0 Å². The summed E-state index contributed by atoms with van der Waals surface area (Å²) < 4.78 is 8.16. The van der Waals surface area contributed by atoms with Crippen molar-refractivity contribution in [2.75, 3.05) is 0 Å². The highest BCUT2D eigenvalue weighted by molar-refractivity contribution is 6.30. The fourth-order valence-electron chi connectivity index (χ4n) is 4.13. The summed E-state index contributed by atoms with van der Waals surface area (Å²) in [4.78, 5) is 11.0. The van der Waals surface area contributed by atoms with Gasteiger partial charge in [-0.1, -0.05) is 17.7 Å². The maximum Gasteiger partial charge on any atom is 0.303 e. The number of carbonyl (C=O) groups is 1. The molecule has 30 heavy (non-hydrogen) atoms. The molecule has 0 aliphatic heterocycles. The normalized spacial score (nSPS) is 13.1. The van der Waals surface area contributed by atoms with E-state index in [2.05, 4.69) is 5.10 Å². The molecule has 2 aromatic carbocycles. The lowest BCUT2D eigenvalue weighted by atomic mass is 9.86. The average molecular weight is 425 g/mol. The van der Waals surface area contributed by atoms with Gasteiger partial charge in [-0.2, -0.15) is 5.10 Å². The molecule has 0 spiro atoms. The first-order valence-corrected chi connectivity index (χ1v) is 10.7. The SMILES string of the molecule is Cc1cc(COc2ccc(CCC(=O)O)c3c2CCCC3)n(-c2ccc(Cl)cc2)n1. The van der Waals surface area contributed by atoms with E-state index in [0.29, 0.717) is 18.1 Å². The van der Waals surface area contributed by atoms with E-state index in [0.717, 1.165) is 54.1 Å². The van der Waals surface area contributed by atoms with Gasteiger partial charge in [0.05, 0.1) is 17.1 Å². The zero-order valence-electron chi connectivity index (χ0n) is 17.0. The maximum absolute atomic E-state index is 11.0. The summed E-state index contributed by atoms with van der Waals surface area (Å²) >= 11 is 6.02. The van der Waals surface area contributed by atoms with Crippen LogP contribution in [0, 0.1) is 6.92 Å². The van der Waals surface area contributed by atoms with Crippen molar-refractivity contribution in [3.05, 3.63) is 75.6 Å². The van der Waals surface area contributed by atoms with Gasteiger partial charge in [-0.05, 0) is 92.1 Å². The topological polar surface area (TPSA) is 64.3 Å². The van der Waals surface area contributed by atoms with E-state index in [4.69, 9.17) is 21.4 Å². The van der Waals surface area contributed by atoms with Crippen molar-refractivity contribution in [2.45, 2.75) is 52.1 Å². The number of aryl methyl sites for hydroxylation is 2. The van der Waals surface area contributed by atoms with E-state index in [1.54, 1.807) is 0 Å². The van der Waals surface area contributed by atoms with Crippen LogP contribution in [-0.4, -0.2) is 20.9 Å². The van der Waals surface area contributed by atoms with Crippen LogP contribution >= 0.6 is 11.6 Å². The Morgan fingerprint density at radius 3 is 2.60 bits per heavy atom. The van der Waals surface area contributed by atoms with Crippen LogP contribution in [0.25, 0.3) is 5.69 Å². The molecule has 4 rings (SSSR count). The second-order valence-corrected chi connectivity index (χ2v) is 8.17. The molecule has 0 unspecified atom stereocenters. The van der Waals surface area contributed by atoms with E-state index < -0.39 is 5.97 Å². The Labute approximate surface area is 181 Å². The molecule has 0 amide bonds. The molecule has 0 radical (unpaired) electrons. The third kappa shape index (κ3) is 4.51. The maximum atomic E-state index is 11.0. The number of halogens is 1. The van der Waals surface area contributed by atoms with Crippen LogP contribution in [0.15, 0.2) is 42.5 Å². The van der Waals surface area contributed by atoms with E-state index in [1.807, 2.05) is 54.1 Å². The van der Waals surface area contributed by atoms with Gasteiger partial charge in [0.15, 0.2) is 0 Å². The Morgan fingerprint density at radius 1 is 1.13 bits per heavy atom. The van der Waals surface area contributed by atoms with Crippen molar-refractivity contribution < 1.29 is 14.6 Å². The summed E-state index contributed by atoms with van der Waals surface area (Å²) in [6, 6.07) is 13.6. The zero-order chi connectivity index (χ0) is 21.1. The first kappa shape index (κ1) is 20.5. The fraction of sp³-hybridized carbons (Fsp3) is 0.333. The van der Waals surface area contributed by atoms with Gasteiger partial charge in [-0.15, -0.1) is 0 Å². The van der Waals surface area contributed by atoms with Crippen LogP contribution in [0.2, 0.25) is 5.02 Å². The smallest absolute Gasteiger partial charge is 0.303 e. The largest absolute Gasteiger partial charge is 0.487 e. The number of hydrogen-bond acceptors (Lipinski definition) is 3. The monoisotopic (exact) mass is 424 g/mol. The number of aromatic nitrogens is 2. The van der Waals surface area contributed by atoms with Crippen LogP contribution in [-0.2, 0) is 30.7 Å². The van der Waals surface area contributed by atoms with E-state index in [1.165, 1.54) is 11.1 Å². The Bertz CT molecular complexity index is 1060. The number of carboxylic acids is 1. The Kier molecular flexibility index (Phi) is 6.09. The van der Waals surface area contributed by atoms with Crippen molar-refractivity contribution >= 4 is 17.6 Å². The molecule has 3 aromatic rings. The van der Waals surface area contributed by atoms with Crippen molar-refractivity contribution in [1.29, 1.82) is 0 Å². The highest BCUT2D eigenvalue weighted by atomic mass is 35.5. The molecule has 0 saturated carbocycles. The molecule has 156 valence electrons. The summed E-state index contributed by atoms with van der Waals surface area (Å²) in [6.07, 6.45) is 4.96. The van der Waals surface area contributed by atoms with Crippen molar-refractivity contribution in [1.82, 2.24) is 9.78 Å². The highest BCUT2D eigenvalue weighted by Crippen LogP contribution is 2.33. The number of benzene rings is 2. The lowest BCUT2D eigenvalue weighted by Crippen LogP contribution is -2.11. The molecule has 6 heteroatoms. The molecular formula is C24H25ClN2O3. The summed E-state index contributed by atoms with van der Waals surface area (Å²) in [6.45, 7) is 2.37. The third-order valence-corrected chi connectivity index (χ3v) is 5.80. The molecule has 1 aromatic heterocycles. The number of carboxylic acid groups (broad SMARTS) is 1. The number of ether oxygens (including phenoxy) is 1. The minimum atomic E-state index is -0.759. The number of rotatable bonds is 7. The van der Waals surface area contributed by atoms with Gasteiger partial charge in [0.1, 0.15) is 12.4 Å². The van der Waals surface area contributed by atoms with Gasteiger partial charge < -0.3 is 9.84 Å². The lowest BCUT2D eigenvalue weighted by Gasteiger charge is -2.23. The zero-order valence-corrected chi connectivity index (χ0v) is 17.8. The van der Waals surface area contributed by atoms with Crippen LogP contribution in [0.5, 0.6) is 5.75 Å². The lowest BCUT2D eigenvalue weighted by molar-refractivity contribution is -0.136. The molecule has 1 aliphatic carbocycles. The second-order valence-electron chi connectivity index (χ2n) is 7.73. The number of aliphatic carboxylic acids is 1. The highest BCUT2D eigenvalue weighted by Gasteiger charge is 2.19. The number of fused-ring (bicyclic) bond motifs is 1. The molecule has 5 nitrogen and oxygen atoms in total. The molecule has 0 atom stereocenters. The average Bonchev–Trinajstić information content (AvgIpc) is 3.12. The molecular weight excluding hydrogens is 400 g/mol. The summed E-state index contributed by atoms with van der Waals surface area (Å²) in [5.74, 6) is 0.135. The summed E-state index contributed by atoms with van der Waals surface area (Å²) in [5, 5.41) is 14.3. The van der Waals surface area contributed by atoms with Crippen LogP contribution < -0.4 is 4.74 Å². The van der Waals surface area contributed by atoms with Gasteiger partial charge in [-0.3, -0.25) is 4.79 Å². The van der Waals surface area contributed by atoms with Crippen molar-refractivity contribution in [2.24, 2.45) is 0 Å². The molecule has 1 heterocycles. The second kappa shape index (κ2) is 8.92. The first-order chi connectivity index (χ1) is 14.5. The third-order valence-electron chi connectivity index (χ3n) is 5.55. The Morgan fingerprint density at radius 2 is 1.87 bits per heavy atom. The van der Waals surface area contributed by atoms with Gasteiger partial charge >= 0.3 is 5.97 Å². The first-order valence-electron chi connectivity index (χ1n) is 10.3. The van der Waals surface area contributed by atoms with E-state index in [-0.39, 0.29) is 6.42 Å². The summed E-state index contributed by atoms with van der Waals surface area (Å²) in [7, 11) is 0. The quantitative estimate of drug-likeness (QED) is 0.558. The predicted octanol–water partition coefficient (Wildman–Crippen LogP) is 5.31. The molecule has 0 fully saturated rings. The van der Waals surface area contributed by atoms with Gasteiger partial charge in [0, 0.05) is 11.4 Å².